The molecule has 6 atom stereocenters. The summed E-state index contributed by atoms with van der Waals surface area (Å²) in [6.07, 6.45) is 14.5. The van der Waals surface area contributed by atoms with Gasteiger partial charge in [0.25, 0.3) is 0 Å². The Morgan fingerprint density at radius 3 is 2.84 bits per heavy atom. The van der Waals surface area contributed by atoms with E-state index in [9.17, 15) is 5.11 Å². The van der Waals surface area contributed by atoms with Gasteiger partial charge in [-0.15, -0.1) is 0 Å². The molecule has 0 spiro atoms. The van der Waals surface area contributed by atoms with E-state index in [4.69, 9.17) is 0 Å². The van der Waals surface area contributed by atoms with E-state index in [1.54, 1.807) is 5.57 Å². The van der Waals surface area contributed by atoms with Crippen LogP contribution in [0.15, 0.2) is 11.6 Å². The molecule has 3 saturated carbocycles. The molecule has 0 aromatic rings. The molecule has 0 radical (unpaired) electrons. The summed E-state index contributed by atoms with van der Waals surface area (Å²) in [5.41, 5.74) is 2.32. The lowest BCUT2D eigenvalue weighted by Crippen LogP contribution is -2.44. The molecule has 0 aliphatic heterocycles. The summed E-state index contributed by atoms with van der Waals surface area (Å²) in [6, 6.07) is 0. The summed E-state index contributed by atoms with van der Waals surface area (Å²) in [7, 11) is 0. The zero-order chi connectivity index (χ0) is 13.0. The lowest BCUT2D eigenvalue weighted by molar-refractivity contribution is -0.00504. The van der Waals surface area contributed by atoms with Crippen LogP contribution in [0.5, 0.6) is 0 Å². The molecule has 0 amide bonds. The standard InChI is InChI=1S/C18H28O/c1-18-9-2-3-17(18)16-6-4-12-11-13(19)5-7-14(12)15(16)8-10-18/h11,13-17,19H,2-10H2,1H3/t13-,14-,15?,16?,17?,18-/m0/s1. The molecule has 0 aromatic heterocycles. The minimum Gasteiger partial charge on any atom is -0.389 e. The van der Waals surface area contributed by atoms with Crippen LogP contribution in [-0.2, 0) is 0 Å². The molecule has 0 bridgehead atoms. The molecule has 1 nitrogen and oxygen atoms in total. The molecule has 3 unspecified atom stereocenters. The van der Waals surface area contributed by atoms with Crippen molar-refractivity contribution in [2.75, 3.05) is 0 Å². The first kappa shape index (κ1) is 12.4. The summed E-state index contributed by atoms with van der Waals surface area (Å²) in [5.74, 6) is 3.84. The topological polar surface area (TPSA) is 20.2 Å². The van der Waals surface area contributed by atoms with Gasteiger partial charge in [-0.3, -0.25) is 0 Å². The van der Waals surface area contributed by atoms with Gasteiger partial charge in [0.2, 0.25) is 0 Å². The van der Waals surface area contributed by atoms with Crippen LogP contribution in [0.1, 0.15) is 64.7 Å². The van der Waals surface area contributed by atoms with Crippen molar-refractivity contribution in [1.82, 2.24) is 0 Å². The van der Waals surface area contributed by atoms with Crippen LogP contribution < -0.4 is 0 Å². The van der Waals surface area contributed by atoms with E-state index in [-0.39, 0.29) is 6.10 Å². The maximum atomic E-state index is 9.86. The minimum absolute atomic E-state index is 0.136. The summed E-state index contributed by atoms with van der Waals surface area (Å²) in [4.78, 5) is 0. The predicted molar refractivity (Wildman–Crippen MR) is 77.7 cm³/mol. The van der Waals surface area contributed by atoms with Crippen molar-refractivity contribution in [1.29, 1.82) is 0 Å². The van der Waals surface area contributed by atoms with Crippen molar-refractivity contribution in [3.05, 3.63) is 11.6 Å². The van der Waals surface area contributed by atoms with Crippen LogP contribution in [0.3, 0.4) is 0 Å². The molecule has 4 rings (SSSR count). The Morgan fingerprint density at radius 2 is 1.95 bits per heavy atom. The van der Waals surface area contributed by atoms with E-state index in [1.165, 1.54) is 51.4 Å². The third kappa shape index (κ3) is 1.84. The molecule has 3 fully saturated rings. The Balaban J connectivity index is 1.61. The normalized spacial score (nSPS) is 52.9. The van der Waals surface area contributed by atoms with Crippen molar-refractivity contribution in [2.45, 2.75) is 70.8 Å². The summed E-state index contributed by atoms with van der Waals surface area (Å²) >= 11 is 0. The molecule has 19 heavy (non-hydrogen) atoms. The van der Waals surface area contributed by atoms with Gasteiger partial charge in [0.1, 0.15) is 0 Å². The molecule has 1 N–H and O–H groups in total. The fourth-order valence-corrected chi connectivity index (χ4v) is 6.31. The molecule has 1 heteroatoms. The maximum Gasteiger partial charge on any atom is 0.0723 e. The van der Waals surface area contributed by atoms with Gasteiger partial charge in [-0.2, -0.15) is 0 Å². The summed E-state index contributed by atoms with van der Waals surface area (Å²) < 4.78 is 0. The monoisotopic (exact) mass is 260 g/mol. The summed E-state index contributed by atoms with van der Waals surface area (Å²) in [6.45, 7) is 2.58. The molecule has 0 saturated heterocycles. The van der Waals surface area contributed by atoms with Crippen molar-refractivity contribution in [2.24, 2.45) is 29.1 Å². The fourth-order valence-electron chi connectivity index (χ4n) is 6.31. The molecule has 0 aromatic carbocycles. The highest BCUT2D eigenvalue weighted by molar-refractivity contribution is 5.19. The van der Waals surface area contributed by atoms with Crippen LogP contribution in [0, 0.1) is 29.1 Å². The zero-order valence-electron chi connectivity index (χ0n) is 12.3. The highest BCUT2D eigenvalue weighted by Crippen LogP contribution is 2.61. The largest absolute Gasteiger partial charge is 0.389 e. The van der Waals surface area contributed by atoms with E-state index in [0.29, 0.717) is 5.41 Å². The van der Waals surface area contributed by atoms with E-state index >= 15 is 0 Å². The van der Waals surface area contributed by atoms with Crippen molar-refractivity contribution < 1.29 is 5.11 Å². The first-order valence-electron chi connectivity index (χ1n) is 8.56. The van der Waals surface area contributed by atoms with Crippen LogP contribution in [0.2, 0.25) is 0 Å². The van der Waals surface area contributed by atoms with Crippen LogP contribution in [0.25, 0.3) is 0 Å². The third-order valence-corrected chi connectivity index (χ3v) is 7.21. The zero-order valence-corrected chi connectivity index (χ0v) is 12.3. The summed E-state index contributed by atoms with van der Waals surface area (Å²) in [5, 5.41) is 9.86. The maximum absolute atomic E-state index is 9.86. The smallest absolute Gasteiger partial charge is 0.0723 e. The average molecular weight is 260 g/mol. The first-order chi connectivity index (χ1) is 9.17. The van der Waals surface area contributed by atoms with Crippen molar-refractivity contribution >= 4 is 0 Å². The van der Waals surface area contributed by atoms with Crippen LogP contribution in [-0.4, -0.2) is 11.2 Å². The Kier molecular flexibility index (Phi) is 2.85. The average Bonchev–Trinajstić information content (AvgIpc) is 2.79. The van der Waals surface area contributed by atoms with Gasteiger partial charge in [-0.1, -0.05) is 25.0 Å². The van der Waals surface area contributed by atoms with E-state index in [2.05, 4.69) is 13.0 Å². The SMILES string of the molecule is C[C@@]12CCCC1C1CCC3=C[C@@H](O)CC[C@@H]3C1CC2. The van der Waals surface area contributed by atoms with Gasteiger partial charge in [0.05, 0.1) is 6.10 Å². The third-order valence-electron chi connectivity index (χ3n) is 7.21. The van der Waals surface area contributed by atoms with E-state index in [1.807, 2.05) is 0 Å². The van der Waals surface area contributed by atoms with Gasteiger partial charge in [0, 0.05) is 0 Å². The lowest BCUT2D eigenvalue weighted by Gasteiger charge is -2.53. The van der Waals surface area contributed by atoms with Gasteiger partial charge < -0.3 is 5.11 Å². The predicted octanol–water partition coefficient (Wildman–Crippen LogP) is 4.31. The molecule has 4 aliphatic carbocycles. The molecule has 0 heterocycles. The molecular weight excluding hydrogens is 232 g/mol. The number of fused-ring (bicyclic) bond motifs is 5. The van der Waals surface area contributed by atoms with Crippen molar-refractivity contribution in [3.63, 3.8) is 0 Å². The number of hydrogen-bond donors (Lipinski definition) is 1. The highest BCUT2D eigenvalue weighted by atomic mass is 16.3. The number of aliphatic hydroxyl groups excluding tert-OH is 1. The second-order valence-corrected chi connectivity index (χ2v) is 8.05. The second-order valence-electron chi connectivity index (χ2n) is 8.05. The number of hydrogen-bond acceptors (Lipinski definition) is 1. The Bertz CT molecular complexity index is 398. The van der Waals surface area contributed by atoms with E-state index in [0.717, 1.165) is 30.1 Å². The first-order valence-corrected chi connectivity index (χ1v) is 8.56. The Morgan fingerprint density at radius 1 is 1.05 bits per heavy atom. The molecular formula is C18H28O. The van der Waals surface area contributed by atoms with Gasteiger partial charge in [-0.05, 0) is 80.5 Å². The number of aliphatic hydroxyl groups is 1. The minimum atomic E-state index is -0.136. The Labute approximate surface area is 117 Å². The van der Waals surface area contributed by atoms with Gasteiger partial charge in [0.15, 0.2) is 0 Å². The highest BCUT2D eigenvalue weighted by Gasteiger charge is 2.52. The molecule has 106 valence electrons. The van der Waals surface area contributed by atoms with Crippen LogP contribution >= 0.6 is 0 Å². The molecule has 4 aliphatic rings. The lowest BCUT2D eigenvalue weighted by atomic mass is 9.52. The fraction of sp³-hybridized carbons (Fsp3) is 0.889. The Hall–Kier alpha value is -0.300. The number of rotatable bonds is 0. The quantitative estimate of drug-likeness (QED) is 0.643. The van der Waals surface area contributed by atoms with Gasteiger partial charge in [-0.25, -0.2) is 0 Å². The van der Waals surface area contributed by atoms with Crippen molar-refractivity contribution in [3.8, 4) is 0 Å². The van der Waals surface area contributed by atoms with Crippen LogP contribution in [0.4, 0.5) is 0 Å². The number of allylic oxidation sites excluding steroid dienone is 1. The van der Waals surface area contributed by atoms with E-state index < -0.39 is 0 Å². The van der Waals surface area contributed by atoms with Gasteiger partial charge >= 0.3 is 0 Å². The second kappa shape index (κ2) is 4.35.